The summed E-state index contributed by atoms with van der Waals surface area (Å²) in [5.74, 6) is -1.43. The number of nitro groups is 1. The fourth-order valence-electron chi connectivity index (χ4n) is 2.09. The van der Waals surface area contributed by atoms with Crippen molar-refractivity contribution in [3.63, 3.8) is 0 Å². The number of hydrogen-bond donors (Lipinski definition) is 1. The second kappa shape index (κ2) is 7.58. The van der Waals surface area contributed by atoms with E-state index in [0.29, 0.717) is 8.95 Å². The van der Waals surface area contributed by atoms with Gasteiger partial charge in [-0.3, -0.25) is 10.1 Å². The zero-order valence-electron chi connectivity index (χ0n) is 12.6. The van der Waals surface area contributed by atoms with E-state index in [1.165, 1.54) is 12.1 Å². The Morgan fingerprint density at radius 1 is 1.12 bits per heavy atom. The maximum absolute atomic E-state index is 12.6. The van der Waals surface area contributed by atoms with Crippen LogP contribution in [-0.4, -0.2) is 16.0 Å². The smallest absolute Gasteiger partial charge is 0.416 e. The Hall–Kier alpha value is -2.20. The molecule has 1 N–H and O–H groups in total. The Bertz CT molecular complexity index is 909. The topological polar surface area (TPSA) is 80.4 Å². The van der Waals surface area contributed by atoms with Crippen molar-refractivity contribution in [1.29, 1.82) is 0 Å². The number of alkyl halides is 3. The average Bonchev–Trinajstić information content (AvgIpc) is 2.54. The van der Waals surface area contributed by atoms with Gasteiger partial charge in [-0.2, -0.15) is 13.2 Å². The first-order valence-corrected chi connectivity index (χ1v) is 8.35. The molecule has 0 saturated heterocycles. The standard InChI is InChI=1S/C16H8Br2F3NO4/c17-12-6-9(14(22(25)26)7-13(12)18)5-11(15(23)24)8-1-3-10(4-2-8)16(19,20)21/h1-7H,(H,23,24)/b11-5+. The first-order valence-electron chi connectivity index (χ1n) is 6.76. The second-order valence-electron chi connectivity index (χ2n) is 5.02. The molecule has 0 fully saturated rings. The molecule has 0 amide bonds. The molecule has 0 radical (unpaired) electrons. The van der Waals surface area contributed by atoms with Crippen molar-refractivity contribution in [1.82, 2.24) is 0 Å². The van der Waals surface area contributed by atoms with Gasteiger partial charge in [0.25, 0.3) is 5.69 Å². The zero-order chi connectivity index (χ0) is 19.6. The van der Waals surface area contributed by atoms with Crippen LogP contribution < -0.4 is 0 Å². The van der Waals surface area contributed by atoms with E-state index >= 15 is 0 Å². The highest BCUT2D eigenvalue weighted by Gasteiger charge is 2.30. The van der Waals surface area contributed by atoms with Crippen molar-refractivity contribution in [2.75, 3.05) is 0 Å². The molecule has 0 heterocycles. The molecule has 136 valence electrons. The van der Waals surface area contributed by atoms with E-state index in [2.05, 4.69) is 31.9 Å². The highest BCUT2D eigenvalue weighted by molar-refractivity contribution is 9.13. The molecule has 0 atom stereocenters. The number of halogens is 5. The van der Waals surface area contributed by atoms with Crippen LogP contribution in [0.15, 0.2) is 45.3 Å². The van der Waals surface area contributed by atoms with E-state index < -0.39 is 22.6 Å². The lowest BCUT2D eigenvalue weighted by Gasteiger charge is -2.09. The van der Waals surface area contributed by atoms with Gasteiger partial charge in [-0.25, -0.2) is 4.79 Å². The predicted molar refractivity (Wildman–Crippen MR) is 95.4 cm³/mol. The maximum atomic E-state index is 12.6. The summed E-state index contributed by atoms with van der Waals surface area (Å²) in [6, 6.07) is 6.04. The fourth-order valence-corrected chi connectivity index (χ4v) is 2.78. The number of rotatable bonds is 4. The first-order chi connectivity index (χ1) is 12.0. The summed E-state index contributed by atoms with van der Waals surface area (Å²) in [7, 11) is 0. The summed E-state index contributed by atoms with van der Waals surface area (Å²) in [6.07, 6.45) is -3.51. The molecule has 5 nitrogen and oxygen atoms in total. The maximum Gasteiger partial charge on any atom is 0.416 e. The van der Waals surface area contributed by atoms with Gasteiger partial charge in [0.15, 0.2) is 0 Å². The number of nitro benzene ring substituents is 1. The van der Waals surface area contributed by atoms with Gasteiger partial charge in [0.2, 0.25) is 0 Å². The lowest BCUT2D eigenvalue weighted by atomic mass is 10.0. The molecule has 0 unspecified atom stereocenters. The Kier molecular flexibility index (Phi) is 5.87. The molecule has 0 aliphatic carbocycles. The highest BCUT2D eigenvalue weighted by atomic mass is 79.9. The molecular weight excluding hydrogens is 487 g/mol. The molecule has 0 saturated carbocycles. The van der Waals surface area contributed by atoms with E-state index in [0.717, 1.165) is 30.3 Å². The summed E-state index contributed by atoms with van der Waals surface area (Å²) in [4.78, 5) is 22.0. The van der Waals surface area contributed by atoms with E-state index in [-0.39, 0.29) is 22.4 Å². The number of aliphatic carboxylic acids is 1. The van der Waals surface area contributed by atoms with Gasteiger partial charge in [0.1, 0.15) is 0 Å². The Morgan fingerprint density at radius 3 is 2.12 bits per heavy atom. The lowest BCUT2D eigenvalue weighted by molar-refractivity contribution is -0.385. The minimum atomic E-state index is -4.55. The van der Waals surface area contributed by atoms with Gasteiger partial charge in [-0.15, -0.1) is 0 Å². The molecule has 2 aromatic carbocycles. The molecule has 26 heavy (non-hydrogen) atoms. The quantitative estimate of drug-likeness (QED) is 0.253. The van der Waals surface area contributed by atoms with Crippen LogP contribution in [-0.2, 0) is 11.0 Å². The molecule has 0 aromatic heterocycles. The van der Waals surface area contributed by atoms with Crippen LogP contribution in [0.1, 0.15) is 16.7 Å². The fraction of sp³-hybridized carbons (Fsp3) is 0.0625. The van der Waals surface area contributed by atoms with Crippen molar-refractivity contribution in [2.45, 2.75) is 6.18 Å². The number of hydrogen-bond acceptors (Lipinski definition) is 3. The molecule has 0 spiro atoms. The molecule has 2 aromatic rings. The Morgan fingerprint density at radius 2 is 1.65 bits per heavy atom. The van der Waals surface area contributed by atoms with Crippen LogP contribution in [0.2, 0.25) is 0 Å². The summed E-state index contributed by atoms with van der Waals surface area (Å²) in [6.45, 7) is 0. The van der Waals surface area contributed by atoms with E-state index in [4.69, 9.17) is 0 Å². The first kappa shape index (κ1) is 20.1. The monoisotopic (exact) mass is 493 g/mol. The van der Waals surface area contributed by atoms with Crippen LogP contribution in [0, 0.1) is 10.1 Å². The Balaban J connectivity index is 2.60. The van der Waals surface area contributed by atoms with Gasteiger partial charge in [0, 0.05) is 15.0 Å². The third-order valence-corrected chi connectivity index (χ3v) is 5.16. The zero-order valence-corrected chi connectivity index (χ0v) is 15.7. The predicted octanol–water partition coefficient (Wildman–Crippen LogP) is 5.76. The van der Waals surface area contributed by atoms with Crippen LogP contribution >= 0.6 is 31.9 Å². The van der Waals surface area contributed by atoms with Crippen molar-refractivity contribution in [2.24, 2.45) is 0 Å². The minimum Gasteiger partial charge on any atom is -0.478 e. The summed E-state index contributed by atoms with van der Waals surface area (Å²) < 4.78 is 38.8. The van der Waals surface area contributed by atoms with Crippen molar-refractivity contribution < 1.29 is 28.0 Å². The minimum absolute atomic E-state index is 0.0117. The molecule has 0 aliphatic rings. The van der Waals surface area contributed by atoms with Crippen molar-refractivity contribution in [3.05, 3.63) is 72.1 Å². The van der Waals surface area contributed by atoms with Gasteiger partial charge in [0.05, 0.1) is 21.6 Å². The highest BCUT2D eigenvalue weighted by Crippen LogP contribution is 2.34. The van der Waals surface area contributed by atoms with Crippen LogP contribution in [0.4, 0.5) is 18.9 Å². The van der Waals surface area contributed by atoms with Crippen molar-refractivity contribution >= 4 is 55.2 Å². The third kappa shape index (κ3) is 4.50. The van der Waals surface area contributed by atoms with Crippen LogP contribution in [0.5, 0.6) is 0 Å². The molecule has 0 bridgehead atoms. The van der Waals surface area contributed by atoms with Crippen LogP contribution in [0.25, 0.3) is 11.6 Å². The van der Waals surface area contributed by atoms with Gasteiger partial charge < -0.3 is 5.11 Å². The van der Waals surface area contributed by atoms with Crippen LogP contribution in [0.3, 0.4) is 0 Å². The lowest BCUT2D eigenvalue weighted by Crippen LogP contribution is -2.05. The van der Waals surface area contributed by atoms with Gasteiger partial charge in [-0.05, 0) is 61.7 Å². The number of benzene rings is 2. The number of carbonyl (C=O) groups is 1. The third-order valence-electron chi connectivity index (χ3n) is 3.32. The number of carboxylic acids is 1. The van der Waals surface area contributed by atoms with E-state index in [1.807, 2.05) is 0 Å². The molecular formula is C16H8Br2F3NO4. The number of nitrogens with zero attached hydrogens (tertiary/aromatic N) is 1. The summed E-state index contributed by atoms with van der Waals surface area (Å²) in [5, 5.41) is 20.6. The molecule has 10 heteroatoms. The number of carboxylic acid groups (broad SMARTS) is 1. The van der Waals surface area contributed by atoms with Gasteiger partial charge >= 0.3 is 12.1 Å². The molecule has 2 rings (SSSR count). The Labute approximate surface area is 161 Å². The SMILES string of the molecule is O=C(O)/C(=C/c1cc(Br)c(Br)cc1[N+](=O)[O-])c1ccc(C(F)(F)F)cc1. The molecule has 0 aliphatic heterocycles. The average molecular weight is 495 g/mol. The van der Waals surface area contributed by atoms with E-state index in [1.54, 1.807) is 0 Å². The summed E-state index contributed by atoms with van der Waals surface area (Å²) in [5.41, 5.74) is -1.69. The normalized spacial score (nSPS) is 12.1. The second-order valence-corrected chi connectivity index (χ2v) is 6.73. The summed E-state index contributed by atoms with van der Waals surface area (Å²) >= 11 is 6.29. The van der Waals surface area contributed by atoms with Crippen molar-refractivity contribution in [3.8, 4) is 0 Å². The largest absolute Gasteiger partial charge is 0.478 e. The van der Waals surface area contributed by atoms with Gasteiger partial charge in [-0.1, -0.05) is 12.1 Å². The van der Waals surface area contributed by atoms with E-state index in [9.17, 15) is 33.2 Å².